The number of carbonyl (C=O) groups excluding carboxylic acids is 1. The molecule has 5 heteroatoms. The summed E-state index contributed by atoms with van der Waals surface area (Å²) in [6.45, 7) is 2.01. The number of aliphatic hydroxyl groups is 1. The quantitative estimate of drug-likeness (QED) is 0.894. The third-order valence-electron chi connectivity index (χ3n) is 3.66. The Morgan fingerprint density at radius 2 is 1.91 bits per heavy atom. The molecule has 1 aliphatic heterocycles. The third-order valence-corrected chi connectivity index (χ3v) is 5.04. The lowest BCUT2D eigenvalue weighted by Crippen LogP contribution is -2.30. The molecule has 22 heavy (non-hydrogen) atoms. The van der Waals surface area contributed by atoms with E-state index in [1.165, 1.54) is 11.8 Å². The van der Waals surface area contributed by atoms with Crippen molar-refractivity contribution < 1.29 is 14.6 Å². The lowest BCUT2D eigenvalue weighted by molar-refractivity contribution is -0.124. The number of hydrogen-bond donors (Lipinski definition) is 2. The molecule has 0 fully saturated rings. The first-order valence-electron chi connectivity index (χ1n) is 6.98. The molecular weight excluding hydrogens is 298 g/mol. The molecule has 0 unspecified atom stereocenters. The van der Waals surface area contributed by atoms with Gasteiger partial charge in [-0.3, -0.25) is 4.79 Å². The SMILES string of the molecule is COc1ccc2c(c1)S[C@H](c1ccc(C)cc1)[C@@H](O)C(=O)N2. The normalized spacial score (nSPS) is 20.8. The highest BCUT2D eigenvalue weighted by molar-refractivity contribution is 7.99. The fourth-order valence-electron chi connectivity index (χ4n) is 2.38. The second kappa shape index (κ2) is 6.02. The van der Waals surface area contributed by atoms with Crippen LogP contribution in [0.2, 0.25) is 0 Å². The summed E-state index contributed by atoms with van der Waals surface area (Å²) < 4.78 is 5.24. The van der Waals surface area contributed by atoms with Gasteiger partial charge in [0.15, 0.2) is 0 Å². The summed E-state index contributed by atoms with van der Waals surface area (Å²) in [5, 5.41) is 12.8. The Morgan fingerprint density at radius 3 is 2.59 bits per heavy atom. The van der Waals surface area contributed by atoms with Crippen LogP contribution in [0.3, 0.4) is 0 Å². The first-order chi connectivity index (χ1) is 10.6. The van der Waals surface area contributed by atoms with E-state index >= 15 is 0 Å². The van der Waals surface area contributed by atoms with Crippen LogP contribution in [0.5, 0.6) is 5.75 Å². The number of rotatable bonds is 2. The van der Waals surface area contributed by atoms with E-state index in [0.29, 0.717) is 5.69 Å². The highest BCUT2D eigenvalue weighted by Gasteiger charge is 2.32. The van der Waals surface area contributed by atoms with Crippen LogP contribution in [0.4, 0.5) is 5.69 Å². The molecule has 2 atom stereocenters. The van der Waals surface area contributed by atoms with Gasteiger partial charge in [-0.1, -0.05) is 29.8 Å². The zero-order valence-corrected chi connectivity index (χ0v) is 13.2. The van der Waals surface area contributed by atoms with E-state index in [-0.39, 0.29) is 11.2 Å². The number of thioether (sulfide) groups is 1. The molecule has 1 heterocycles. The van der Waals surface area contributed by atoms with Crippen molar-refractivity contribution in [3.8, 4) is 5.75 Å². The number of ether oxygens (including phenoxy) is 1. The number of methoxy groups -OCH3 is 1. The van der Waals surface area contributed by atoms with E-state index in [9.17, 15) is 9.90 Å². The fraction of sp³-hybridized carbons (Fsp3) is 0.235. The first kappa shape index (κ1) is 14.9. The Bertz CT molecular complexity index is 700. The summed E-state index contributed by atoms with van der Waals surface area (Å²) in [5.74, 6) is 0.335. The van der Waals surface area contributed by atoms with Crippen LogP contribution in [0, 0.1) is 6.92 Å². The number of carbonyl (C=O) groups is 1. The number of benzene rings is 2. The van der Waals surface area contributed by atoms with Crippen LogP contribution in [0.1, 0.15) is 16.4 Å². The number of aryl methyl sites for hydroxylation is 1. The van der Waals surface area contributed by atoms with E-state index in [1.54, 1.807) is 19.2 Å². The maximum atomic E-state index is 12.2. The summed E-state index contributed by atoms with van der Waals surface area (Å²) in [5.41, 5.74) is 2.77. The Labute approximate surface area is 133 Å². The van der Waals surface area contributed by atoms with Gasteiger partial charge >= 0.3 is 0 Å². The standard InChI is InChI=1S/C17H17NO3S/c1-10-3-5-11(6-4-10)16-15(19)17(20)18-13-8-7-12(21-2)9-14(13)22-16/h3-9,15-16,19H,1-2H3,(H,18,20)/t15-,16-/m1/s1. The zero-order chi connectivity index (χ0) is 15.7. The van der Waals surface area contributed by atoms with Gasteiger partial charge in [0.05, 0.1) is 18.0 Å². The van der Waals surface area contributed by atoms with Crippen molar-refractivity contribution >= 4 is 23.4 Å². The highest BCUT2D eigenvalue weighted by Crippen LogP contribution is 2.44. The van der Waals surface area contributed by atoms with Gasteiger partial charge in [-0.2, -0.15) is 0 Å². The Balaban J connectivity index is 2.02. The molecule has 0 aromatic heterocycles. The maximum Gasteiger partial charge on any atom is 0.254 e. The molecule has 1 aliphatic rings. The Morgan fingerprint density at radius 1 is 1.18 bits per heavy atom. The largest absolute Gasteiger partial charge is 0.497 e. The first-order valence-corrected chi connectivity index (χ1v) is 7.86. The number of hydrogen-bond acceptors (Lipinski definition) is 4. The third kappa shape index (κ3) is 2.82. The topological polar surface area (TPSA) is 58.6 Å². The lowest BCUT2D eigenvalue weighted by Gasteiger charge is -2.19. The van der Waals surface area contributed by atoms with Crippen molar-refractivity contribution in [2.45, 2.75) is 23.2 Å². The van der Waals surface area contributed by atoms with E-state index in [4.69, 9.17) is 4.74 Å². The summed E-state index contributed by atoms with van der Waals surface area (Å²) in [7, 11) is 1.61. The number of anilines is 1. The Hall–Kier alpha value is -1.98. The molecule has 2 aromatic carbocycles. The van der Waals surface area contributed by atoms with Gasteiger partial charge in [-0.05, 0) is 30.7 Å². The lowest BCUT2D eigenvalue weighted by atomic mass is 10.1. The average molecular weight is 315 g/mol. The van der Waals surface area contributed by atoms with E-state index in [1.807, 2.05) is 37.3 Å². The molecule has 114 valence electrons. The van der Waals surface area contributed by atoms with Gasteiger partial charge < -0.3 is 15.2 Å². The van der Waals surface area contributed by atoms with Crippen LogP contribution >= 0.6 is 11.8 Å². The second-order valence-electron chi connectivity index (χ2n) is 5.25. The molecule has 0 bridgehead atoms. The minimum atomic E-state index is -1.11. The minimum Gasteiger partial charge on any atom is -0.497 e. The van der Waals surface area contributed by atoms with Gasteiger partial charge in [0.1, 0.15) is 11.9 Å². The van der Waals surface area contributed by atoms with Crippen LogP contribution in [0.25, 0.3) is 0 Å². The summed E-state index contributed by atoms with van der Waals surface area (Å²) >= 11 is 1.46. The van der Waals surface area contributed by atoms with Crippen LogP contribution < -0.4 is 10.1 Å². The predicted molar refractivity (Wildman–Crippen MR) is 87.4 cm³/mol. The molecule has 1 amide bonds. The molecule has 2 N–H and O–H groups in total. The van der Waals surface area contributed by atoms with E-state index in [0.717, 1.165) is 21.8 Å². The van der Waals surface area contributed by atoms with Crippen molar-refractivity contribution in [2.24, 2.45) is 0 Å². The number of fused-ring (bicyclic) bond motifs is 1. The van der Waals surface area contributed by atoms with Gasteiger partial charge in [-0.25, -0.2) is 0 Å². The fourth-order valence-corrected chi connectivity index (χ4v) is 3.63. The maximum absolute atomic E-state index is 12.2. The molecule has 4 nitrogen and oxygen atoms in total. The number of aliphatic hydroxyl groups excluding tert-OH is 1. The monoisotopic (exact) mass is 315 g/mol. The molecule has 2 aromatic rings. The van der Waals surface area contributed by atoms with Gasteiger partial charge in [0, 0.05) is 4.90 Å². The van der Waals surface area contributed by atoms with Crippen molar-refractivity contribution in [1.29, 1.82) is 0 Å². The van der Waals surface area contributed by atoms with Gasteiger partial charge in [0.2, 0.25) is 0 Å². The van der Waals surface area contributed by atoms with Crippen molar-refractivity contribution in [3.05, 3.63) is 53.6 Å². The molecule has 0 saturated carbocycles. The van der Waals surface area contributed by atoms with Crippen molar-refractivity contribution in [1.82, 2.24) is 0 Å². The van der Waals surface area contributed by atoms with Crippen molar-refractivity contribution in [3.63, 3.8) is 0 Å². The predicted octanol–water partition coefficient (Wildman–Crippen LogP) is 3.15. The second-order valence-corrected chi connectivity index (χ2v) is 6.43. The molecule has 0 saturated heterocycles. The van der Waals surface area contributed by atoms with Gasteiger partial charge in [-0.15, -0.1) is 11.8 Å². The smallest absolute Gasteiger partial charge is 0.254 e. The van der Waals surface area contributed by atoms with Crippen LogP contribution in [0.15, 0.2) is 47.4 Å². The van der Waals surface area contributed by atoms with Gasteiger partial charge in [0.25, 0.3) is 5.91 Å². The van der Waals surface area contributed by atoms with Crippen LogP contribution in [-0.4, -0.2) is 24.2 Å². The zero-order valence-electron chi connectivity index (χ0n) is 12.4. The summed E-state index contributed by atoms with van der Waals surface area (Å²) in [6, 6.07) is 13.3. The number of amides is 1. The molecular formula is C17H17NO3S. The number of nitrogens with one attached hydrogen (secondary N) is 1. The molecule has 3 rings (SSSR count). The minimum absolute atomic E-state index is 0.353. The summed E-state index contributed by atoms with van der Waals surface area (Å²) in [6.07, 6.45) is -1.11. The highest BCUT2D eigenvalue weighted by atomic mass is 32.2. The molecule has 0 spiro atoms. The molecule has 0 aliphatic carbocycles. The Kier molecular flexibility index (Phi) is 4.09. The summed E-state index contributed by atoms with van der Waals surface area (Å²) in [4.78, 5) is 13.1. The molecule has 0 radical (unpaired) electrons. The van der Waals surface area contributed by atoms with E-state index < -0.39 is 6.10 Å². The average Bonchev–Trinajstić information content (AvgIpc) is 2.65. The van der Waals surface area contributed by atoms with E-state index in [2.05, 4.69) is 5.32 Å². The van der Waals surface area contributed by atoms with Crippen LogP contribution in [-0.2, 0) is 4.79 Å². The van der Waals surface area contributed by atoms with Crippen molar-refractivity contribution in [2.75, 3.05) is 12.4 Å².